The lowest BCUT2D eigenvalue weighted by molar-refractivity contribution is 0.251. The number of hydrogen-bond acceptors (Lipinski definition) is 1. The Labute approximate surface area is 131 Å². The van der Waals surface area contributed by atoms with Crippen molar-refractivity contribution in [2.75, 3.05) is 0 Å². The van der Waals surface area contributed by atoms with E-state index in [-0.39, 0.29) is 5.43 Å². The Morgan fingerprint density at radius 1 is 1.36 bits per heavy atom. The Bertz CT molecular complexity index is 728. The number of H-pyrrole nitrogens is 1. The van der Waals surface area contributed by atoms with Gasteiger partial charge in [0.15, 0.2) is 5.43 Å². The van der Waals surface area contributed by atoms with Crippen LogP contribution >= 0.6 is 0 Å². The van der Waals surface area contributed by atoms with Gasteiger partial charge in [0.1, 0.15) is 5.65 Å². The van der Waals surface area contributed by atoms with E-state index < -0.39 is 0 Å². The average molecular weight is 298 g/mol. The van der Waals surface area contributed by atoms with Gasteiger partial charge in [-0.15, -0.1) is 0 Å². The van der Waals surface area contributed by atoms with Gasteiger partial charge in [0.05, 0.1) is 0 Å². The summed E-state index contributed by atoms with van der Waals surface area (Å²) in [4.78, 5) is 15.1. The Morgan fingerprint density at radius 2 is 2.27 bits per heavy atom. The largest absolute Gasteiger partial charge is 0.346 e. The van der Waals surface area contributed by atoms with E-state index in [0.29, 0.717) is 5.41 Å². The van der Waals surface area contributed by atoms with Gasteiger partial charge >= 0.3 is 0 Å². The molecule has 0 bridgehead atoms. The lowest BCUT2D eigenvalue weighted by Crippen LogP contribution is -2.15. The number of aromatic nitrogens is 2. The first kappa shape index (κ1) is 14.1. The summed E-state index contributed by atoms with van der Waals surface area (Å²) >= 11 is 0. The van der Waals surface area contributed by atoms with Crippen LogP contribution in [0.2, 0.25) is 0 Å². The minimum atomic E-state index is 0.172. The Kier molecular flexibility index (Phi) is 3.39. The zero-order chi connectivity index (χ0) is 15.2. The van der Waals surface area contributed by atoms with Crippen LogP contribution in [0, 0.1) is 17.3 Å². The molecule has 3 atom stereocenters. The maximum absolute atomic E-state index is 12.1. The molecule has 3 heteroatoms. The monoisotopic (exact) mass is 298 g/mol. The van der Waals surface area contributed by atoms with Crippen molar-refractivity contribution in [2.24, 2.45) is 17.3 Å². The molecule has 0 aliphatic heterocycles. The molecule has 2 aromatic rings. The van der Waals surface area contributed by atoms with Crippen LogP contribution in [0.1, 0.15) is 57.4 Å². The molecular weight excluding hydrogens is 272 g/mol. The van der Waals surface area contributed by atoms with Crippen molar-refractivity contribution in [3.8, 4) is 0 Å². The summed E-state index contributed by atoms with van der Waals surface area (Å²) in [6.45, 7) is 2.51. The Balaban J connectivity index is 1.27. The third-order valence-electron chi connectivity index (χ3n) is 6.22. The number of pyridine rings is 1. The maximum Gasteiger partial charge on any atom is 0.186 e. The highest BCUT2D eigenvalue weighted by Crippen LogP contribution is 2.63. The zero-order valence-corrected chi connectivity index (χ0v) is 13.5. The van der Waals surface area contributed by atoms with E-state index >= 15 is 0 Å². The molecule has 2 aromatic heterocycles. The molecule has 2 saturated carbocycles. The molecule has 2 aliphatic rings. The quantitative estimate of drug-likeness (QED) is 0.799. The van der Waals surface area contributed by atoms with Crippen LogP contribution in [0.4, 0.5) is 0 Å². The normalized spacial score (nSPS) is 29.9. The number of aromatic amines is 1. The minimum Gasteiger partial charge on any atom is -0.346 e. The van der Waals surface area contributed by atoms with E-state index in [9.17, 15) is 4.79 Å². The van der Waals surface area contributed by atoms with Gasteiger partial charge in [-0.1, -0.05) is 19.8 Å². The maximum atomic E-state index is 12.1. The summed E-state index contributed by atoms with van der Waals surface area (Å²) in [6.07, 6.45) is 16.3. The van der Waals surface area contributed by atoms with E-state index in [4.69, 9.17) is 0 Å². The first-order valence-electron chi connectivity index (χ1n) is 8.84. The summed E-state index contributed by atoms with van der Waals surface area (Å²) in [5.41, 5.74) is 2.65. The van der Waals surface area contributed by atoms with Crippen LogP contribution in [-0.4, -0.2) is 9.38 Å². The van der Waals surface area contributed by atoms with Gasteiger partial charge < -0.3 is 9.38 Å². The van der Waals surface area contributed by atoms with Crippen molar-refractivity contribution in [3.05, 3.63) is 40.4 Å². The molecule has 2 fully saturated rings. The van der Waals surface area contributed by atoms with E-state index in [0.717, 1.165) is 35.9 Å². The lowest BCUT2D eigenvalue weighted by Gasteiger charge is -2.26. The second kappa shape index (κ2) is 5.29. The summed E-state index contributed by atoms with van der Waals surface area (Å²) in [5, 5.41) is 0. The van der Waals surface area contributed by atoms with Crippen molar-refractivity contribution < 1.29 is 0 Å². The Hall–Kier alpha value is -1.51. The van der Waals surface area contributed by atoms with Crippen molar-refractivity contribution in [1.29, 1.82) is 0 Å². The van der Waals surface area contributed by atoms with Gasteiger partial charge in [0.25, 0.3) is 0 Å². The van der Waals surface area contributed by atoms with E-state index in [1.54, 1.807) is 6.07 Å². The third-order valence-corrected chi connectivity index (χ3v) is 6.22. The molecule has 22 heavy (non-hydrogen) atoms. The average Bonchev–Trinajstić information content (AvgIpc) is 3.06. The van der Waals surface area contributed by atoms with Crippen molar-refractivity contribution in [1.82, 2.24) is 9.38 Å². The summed E-state index contributed by atoms with van der Waals surface area (Å²) in [6, 6.07) is 1.71. The molecule has 3 nitrogen and oxygen atoms in total. The first-order valence-corrected chi connectivity index (χ1v) is 8.84. The topological polar surface area (TPSA) is 37.3 Å². The highest BCUT2D eigenvalue weighted by atomic mass is 16.1. The number of rotatable bonds is 6. The van der Waals surface area contributed by atoms with Crippen LogP contribution in [-0.2, 0) is 6.42 Å². The second-order valence-electron chi connectivity index (χ2n) is 7.77. The SMILES string of the molecule is CC1(CCCCCc2cn3cc[nH]c3cc2=O)CCC2CC21. The molecule has 0 radical (unpaired) electrons. The first-order chi connectivity index (χ1) is 10.7. The summed E-state index contributed by atoms with van der Waals surface area (Å²) in [5.74, 6) is 2.13. The van der Waals surface area contributed by atoms with Gasteiger partial charge in [-0.2, -0.15) is 0 Å². The van der Waals surface area contributed by atoms with Crippen LogP contribution < -0.4 is 5.43 Å². The highest BCUT2D eigenvalue weighted by molar-refractivity contribution is 5.39. The molecule has 2 heterocycles. The van der Waals surface area contributed by atoms with Gasteiger partial charge in [-0.05, 0) is 55.8 Å². The number of nitrogens with one attached hydrogen (secondary N) is 1. The molecule has 2 aliphatic carbocycles. The molecule has 0 saturated heterocycles. The fraction of sp³-hybridized carbons (Fsp3) is 0.632. The molecule has 3 unspecified atom stereocenters. The molecule has 0 spiro atoms. The van der Waals surface area contributed by atoms with Crippen molar-refractivity contribution in [3.63, 3.8) is 0 Å². The number of aryl methyl sites for hydroxylation is 1. The summed E-state index contributed by atoms with van der Waals surface area (Å²) < 4.78 is 2.00. The third kappa shape index (κ3) is 2.51. The molecule has 0 amide bonds. The highest BCUT2D eigenvalue weighted by Gasteiger charge is 2.54. The molecule has 0 aromatic carbocycles. The van der Waals surface area contributed by atoms with Crippen molar-refractivity contribution >= 4 is 5.65 Å². The number of nitrogens with zero attached hydrogens (tertiary/aromatic N) is 1. The van der Waals surface area contributed by atoms with Gasteiger partial charge in [0, 0.05) is 30.2 Å². The molecule has 4 rings (SSSR count). The van der Waals surface area contributed by atoms with E-state index in [1.165, 1.54) is 38.5 Å². The van der Waals surface area contributed by atoms with Gasteiger partial charge in [0.2, 0.25) is 0 Å². The standard InChI is InChI=1S/C19H26N2O/c1-19(8-6-14-11-16(14)19)7-4-2-3-5-15-13-21-10-9-20-18(21)12-17(15)22/h9-10,12-14,16,20H,2-8,11H2,1H3. The van der Waals surface area contributed by atoms with E-state index in [2.05, 4.69) is 11.9 Å². The summed E-state index contributed by atoms with van der Waals surface area (Å²) in [7, 11) is 0. The molecule has 118 valence electrons. The number of unbranched alkanes of at least 4 members (excludes halogenated alkanes) is 2. The smallest absolute Gasteiger partial charge is 0.186 e. The fourth-order valence-electron chi connectivity index (χ4n) is 4.67. The zero-order valence-electron chi connectivity index (χ0n) is 13.5. The number of hydrogen-bond donors (Lipinski definition) is 1. The van der Waals surface area contributed by atoms with Crippen LogP contribution in [0.3, 0.4) is 0 Å². The number of imidazole rings is 1. The Morgan fingerprint density at radius 3 is 3.05 bits per heavy atom. The van der Waals surface area contributed by atoms with Crippen molar-refractivity contribution in [2.45, 2.75) is 58.3 Å². The molecule has 1 N–H and O–H groups in total. The van der Waals surface area contributed by atoms with Crippen LogP contribution in [0.25, 0.3) is 5.65 Å². The predicted molar refractivity (Wildman–Crippen MR) is 89.1 cm³/mol. The second-order valence-corrected chi connectivity index (χ2v) is 7.77. The minimum absolute atomic E-state index is 0.172. The fourth-order valence-corrected chi connectivity index (χ4v) is 4.67. The van der Waals surface area contributed by atoms with Crippen LogP contribution in [0.5, 0.6) is 0 Å². The van der Waals surface area contributed by atoms with Gasteiger partial charge in [-0.25, -0.2) is 0 Å². The van der Waals surface area contributed by atoms with Crippen LogP contribution in [0.15, 0.2) is 29.5 Å². The molecular formula is C19H26N2O. The number of fused-ring (bicyclic) bond motifs is 2. The van der Waals surface area contributed by atoms with Gasteiger partial charge in [-0.3, -0.25) is 4.79 Å². The van der Waals surface area contributed by atoms with E-state index in [1.807, 2.05) is 23.0 Å². The predicted octanol–water partition coefficient (Wildman–Crippen LogP) is 4.17. The lowest BCUT2D eigenvalue weighted by atomic mass is 9.80.